The van der Waals surface area contributed by atoms with Gasteiger partial charge in [0.2, 0.25) is 0 Å². The first-order valence-corrected chi connectivity index (χ1v) is 5.37. The molecular weight excluding hydrogens is 253 g/mol. The summed E-state index contributed by atoms with van der Waals surface area (Å²) in [6.07, 6.45) is -2.32. The van der Waals surface area contributed by atoms with E-state index < -0.39 is 18.4 Å². The van der Waals surface area contributed by atoms with Crippen LogP contribution in [0.3, 0.4) is 0 Å². The normalized spacial score (nSPS) is 13.8. The van der Waals surface area contributed by atoms with E-state index in [0.29, 0.717) is 17.3 Å². The van der Waals surface area contributed by atoms with Gasteiger partial charge >= 0.3 is 6.18 Å². The Morgan fingerprint density at radius 1 is 1.24 bits per heavy atom. The van der Waals surface area contributed by atoms with E-state index in [9.17, 15) is 13.2 Å². The summed E-state index contributed by atoms with van der Waals surface area (Å²) < 4.78 is 36.4. The minimum absolute atomic E-state index is 0.0599. The highest BCUT2D eigenvalue weighted by Crippen LogP contribution is 2.25. The average Bonchev–Trinajstić information content (AvgIpc) is 2.23. The average molecular weight is 266 g/mol. The van der Waals surface area contributed by atoms with Crippen molar-refractivity contribution >= 4 is 21.8 Å². The number of hydrogen-bond donors (Lipinski definition) is 3. The number of rotatable bonds is 3. The van der Waals surface area contributed by atoms with Crippen LogP contribution >= 0.6 is 11.8 Å². The summed E-state index contributed by atoms with van der Waals surface area (Å²) in [7, 11) is 0. The largest absolute Gasteiger partial charge is 0.412 e. The Labute approximate surface area is 101 Å². The Morgan fingerprint density at radius 2 is 1.76 bits per heavy atom. The number of aliphatic hydroxyl groups is 1. The quantitative estimate of drug-likeness (QED) is 0.417. The Hall–Kier alpha value is -1.08. The minimum Gasteiger partial charge on any atom is -0.390 e. The summed E-state index contributed by atoms with van der Waals surface area (Å²) in [5.74, 6) is 0. The molecule has 0 amide bonds. The van der Waals surface area contributed by atoms with Crippen molar-refractivity contribution < 1.29 is 18.3 Å². The number of alkyl halides is 3. The highest BCUT2D eigenvalue weighted by molar-refractivity contribution is 8.26. The summed E-state index contributed by atoms with van der Waals surface area (Å²) in [6.45, 7) is 1.92. The predicted octanol–water partition coefficient (Wildman–Crippen LogP) is 3.12. The fraction of sp³-hybridized carbons (Fsp3) is 0.400. The van der Waals surface area contributed by atoms with Crippen molar-refractivity contribution in [2.45, 2.75) is 20.0 Å². The molecule has 0 heterocycles. The van der Waals surface area contributed by atoms with Gasteiger partial charge in [-0.25, -0.2) is 0 Å². The molecular formula is C10H13F3N2OS. The number of halogens is 3. The van der Waals surface area contributed by atoms with Crippen LogP contribution < -0.4 is 0 Å². The summed E-state index contributed by atoms with van der Waals surface area (Å²) in [6, 6.07) is 0. The fourth-order valence-corrected chi connectivity index (χ4v) is 1.20. The first-order valence-electron chi connectivity index (χ1n) is 4.56. The lowest BCUT2D eigenvalue weighted by atomic mass is 10.2. The monoisotopic (exact) mass is 266 g/mol. The van der Waals surface area contributed by atoms with Crippen molar-refractivity contribution in [1.82, 2.24) is 0 Å². The Morgan fingerprint density at radius 3 is 2.18 bits per heavy atom. The van der Waals surface area contributed by atoms with Gasteiger partial charge < -0.3 is 5.11 Å². The third kappa shape index (κ3) is 6.28. The van der Waals surface area contributed by atoms with E-state index in [1.807, 2.05) is 0 Å². The number of thioether (sulfide) groups is 1. The molecule has 0 fully saturated rings. The van der Waals surface area contributed by atoms with Gasteiger partial charge in [0.1, 0.15) is 0 Å². The molecule has 0 aromatic rings. The third-order valence-electron chi connectivity index (χ3n) is 1.76. The van der Waals surface area contributed by atoms with Crippen LogP contribution in [0.15, 0.2) is 23.3 Å². The van der Waals surface area contributed by atoms with Gasteiger partial charge in [0, 0.05) is 5.57 Å². The van der Waals surface area contributed by atoms with E-state index in [2.05, 4.69) is 0 Å². The molecule has 0 aliphatic heterocycles. The second-order valence-corrected chi connectivity index (χ2v) is 4.31. The molecule has 3 N–H and O–H groups in total. The summed E-state index contributed by atoms with van der Waals surface area (Å²) in [4.78, 5) is 0. The van der Waals surface area contributed by atoms with E-state index in [-0.39, 0.29) is 10.1 Å². The number of hydrogen-bond acceptors (Lipinski definition) is 4. The molecule has 0 aromatic heterocycles. The smallest absolute Gasteiger partial charge is 0.390 e. The minimum atomic E-state index is -4.37. The van der Waals surface area contributed by atoms with Gasteiger partial charge in [-0.2, -0.15) is 13.2 Å². The molecule has 0 aromatic carbocycles. The van der Waals surface area contributed by atoms with Crippen LogP contribution in [0.2, 0.25) is 0 Å². The number of allylic oxidation sites excluding steroid dienone is 3. The van der Waals surface area contributed by atoms with Gasteiger partial charge in [-0.1, -0.05) is 23.9 Å². The first kappa shape index (κ1) is 15.9. The highest BCUT2D eigenvalue weighted by atomic mass is 32.2. The van der Waals surface area contributed by atoms with Gasteiger partial charge in [-0.05, 0) is 19.4 Å². The molecule has 0 rings (SSSR count). The molecule has 17 heavy (non-hydrogen) atoms. The van der Waals surface area contributed by atoms with Crippen molar-refractivity contribution in [3.63, 3.8) is 0 Å². The van der Waals surface area contributed by atoms with Crippen LogP contribution in [0, 0.1) is 10.8 Å². The molecule has 0 saturated heterocycles. The zero-order valence-electron chi connectivity index (χ0n) is 9.35. The number of aliphatic hydroxyl groups excluding tert-OH is 1. The molecule has 0 aliphatic carbocycles. The maximum absolute atomic E-state index is 12.1. The van der Waals surface area contributed by atoms with Crippen molar-refractivity contribution in [2.24, 2.45) is 0 Å². The van der Waals surface area contributed by atoms with Crippen LogP contribution in [0.4, 0.5) is 13.2 Å². The maximum Gasteiger partial charge on any atom is 0.412 e. The molecule has 7 heteroatoms. The van der Waals surface area contributed by atoms with E-state index in [1.165, 1.54) is 13.0 Å². The van der Waals surface area contributed by atoms with E-state index in [0.717, 1.165) is 13.0 Å². The van der Waals surface area contributed by atoms with E-state index in [4.69, 9.17) is 15.9 Å². The molecule has 0 atom stereocenters. The van der Waals surface area contributed by atoms with Gasteiger partial charge in [-0.3, -0.25) is 10.8 Å². The van der Waals surface area contributed by atoms with Gasteiger partial charge in [-0.15, -0.1) is 0 Å². The predicted molar refractivity (Wildman–Crippen MR) is 63.7 cm³/mol. The lowest BCUT2D eigenvalue weighted by Gasteiger charge is -2.05. The zero-order valence-corrected chi connectivity index (χ0v) is 10.2. The lowest BCUT2D eigenvalue weighted by Crippen LogP contribution is -2.08. The van der Waals surface area contributed by atoms with E-state index >= 15 is 0 Å². The summed E-state index contributed by atoms with van der Waals surface area (Å²) in [5.41, 5.74) is -0.455. The van der Waals surface area contributed by atoms with Crippen LogP contribution in [-0.4, -0.2) is 28.0 Å². The molecule has 0 bridgehead atoms. The van der Waals surface area contributed by atoms with Crippen molar-refractivity contribution in [3.05, 3.63) is 23.3 Å². The second-order valence-electron chi connectivity index (χ2n) is 3.21. The maximum atomic E-state index is 12.1. The molecule has 0 spiro atoms. The summed E-state index contributed by atoms with van der Waals surface area (Å²) in [5, 5.41) is 23.0. The molecule has 3 nitrogen and oxygen atoms in total. The highest BCUT2D eigenvalue weighted by Gasteiger charge is 2.29. The fourth-order valence-electron chi connectivity index (χ4n) is 0.656. The van der Waals surface area contributed by atoms with Crippen LogP contribution in [-0.2, 0) is 0 Å². The van der Waals surface area contributed by atoms with Gasteiger partial charge in [0.25, 0.3) is 0 Å². The Balaban J connectivity index is 4.66. The van der Waals surface area contributed by atoms with Crippen LogP contribution in [0.1, 0.15) is 13.8 Å². The Kier molecular flexibility index (Phi) is 6.19. The van der Waals surface area contributed by atoms with Gasteiger partial charge in [0.15, 0.2) is 0 Å². The lowest BCUT2D eigenvalue weighted by molar-refractivity contribution is -0.0912. The molecule has 0 radical (unpaired) electrons. The van der Waals surface area contributed by atoms with Crippen molar-refractivity contribution in [3.8, 4) is 0 Å². The molecule has 0 saturated carbocycles. The van der Waals surface area contributed by atoms with Crippen molar-refractivity contribution in [2.75, 3.05) is 6.61 Å². The topological polar surface area (TPSA) is 67.9 Å². The molecule has 0 unspecified atom stereocenters. The third-order valence-corrected chi connectivity index (χ3v) is 2.66. The van der Waals surface area contributed by atoms with Crippen molar-refractivity contribution in [1.29, 1.82) is 10.8 Å². The first-order chi connectivity index (χ1) is 7.68. The van der Waals surface area contributed by atoms with E-state index in [1.54, 1.807) is 0 Å². The number of nitrogens with one attached hydrogen (secondary N) is 2. The van der Waals surface area contributed by atoms with Crippen LogP contribution in [0.5, 0.6) is 0 Å². The van der Waals surface area contributed by atoms with Crippen LogP contribution in [0.25, 0.3) is 0 Å². The Bertz CT molecular complexity index is 372. The SMILES string of the molecule is C/C(=C\C=C(/C)C(F)(F)F)C(=N)SC(=N)CO. The molecule has 0 aliphatic rings. The standard InChI is InChI=1S/C10H13F3N2OS/c1-6(9(15)17-8(14)5-16)3-4-7(2)10(11,12)13/h3-4,14-16H,5H2,1-2H3/b6-3+,7-4+,14-8?,15-9?. The van der Waals surface area contributed by atoms with Gasteiger partial charge in [0.05, 0.1) is 16.7 Å². The second kappa shape index (κ2) is 6.61. The zero-order chi connectivity index (χ0) is 13.6. The summed E-state index contributed by atoms with van der Waals surface area (Å²) >= 11 is 0.705. The molecule has 96 valence electrons.